The van der Waals surface area contributed by atoms with Gasteiger partial charge >= 0.3 is 0 Å². The molecule has 1 heterocycles. The van der Waals surface area contributed by atoms with Crippen molar-refractivity contribution in [3.05, 3.63) is 47.3 Å². The van der Waals surface area contributed by atoms with E-state index >= 15 is 0 Å². The molecule has 1 saturated carbocycles. The van der Waals surface area contributed by atoms with Gasteiger partial charge in [0.15, 0.2) is 0 Å². The fourth-order valence-corrected chi connectivity index (χ4v) is 2.56. The van der Waals surface area contributed by atoms with E-state index in [1.54, 1.807) is 0 Å². The highest BCUT2D eigenvalue weighted by molar-refractivity contribution is 5.42. The van der Waals surface area contributed by atoms with Crippen LogP contribution in [0.4, 0.5) is 0 Å². The lowest BCUT2D eigenvalue weighted by Crippen LogP contribution is -2.14. The van der Waals surface area contributed by atoms with Crippen LogP contribution in [0.3, 0.4) is 0 Å². The normalized spacial score (nSPS) is 14.7. The lowest BCUT2D eigenvalue weighted by Gasteiger charge is -2.09. The summed E-state index contributed by atoms with van der Waals surface area (Å²) in [6.07, 6.45) is 5.87. The molecule has 1 aliphatic rings. The molecule has 0 unspecified atom stereocenters. The Kier molecular flexibility index (Phi) is 3.88. The third-order valence-electron chi connectivity index (χ3n) is 3.87. The maximum Gasteiger partial charge on any atom is 0.0675 e. The minimum absolute atomic E-state index is 0.717. The van der Waals surface area contributed by atoms with Gasteiger partial charge in [0.25, 0.3) is 0 Å². The first-order valence-corrected chi connectivity index (χ1v) is 7.64. The molecule has 3 heteroatoms. The predicted molar refractivity (Wildman–Crippen MR) is 82.3 cm³/mol. The molecule has 20 heavy (non-hydrogen) atoms. The van der Waals surface area contributed by atoms with E-state index in [4.69, 9.17) is 5.10 Å². The van der Waals surface area contributed by atoms with E-state index in [-0.39, 0.29) is 0 Å². The Morgan fingerprint density at radius 1 is 1.30 bits per heavy atom. The summed E-state index contributed by atoms with van der Waals surface area (Å²) in [6.45, 7) is 6.37. The van der Waals surface area contributed by atoms with Gasteiger partial charge in [-0.2, -0.15) is 5.10 Å². The van der Waals surface area contributed by atoms with Crippen molar-refractivity contribution in [3.8, 4) is 5.69 Å². The van der Waals surface area contributed by atoms with E-state index in [0.29, 0.717) is 5.92 Å². The monoisotopic (exact) mass is 269 g/mol. The molecule has 0 radical (unpaired) electrons. The number of aromatic nitrogens is 2. The molecule has 0 aliphatic heterocycles. The number of hydrogen-bond acceptors (Lipinski definition) is 2. The van der Waals surface area contributed by atoms with Crippen LogP contribution in [0.15, 0.2) is 30.5 Å². The molecule has 1 N–H and O–H groups in total. The third-order valence-corrected chi connectivity index (χ3v) is 3.87. The zero-order valence-electron chi connectivity index (χ0n) is 12.4. The van der Waals surface area contributed by atoms with Crippen molar-refractivity contribution in [1.29, 1.82) is 0 Å². The quantitative estimate of drug-likeness (QED) is 0.813. The molecule has 0 bridgehead atoms. The first kappa shape index (κ1) is 13.4. The summed E-state index contributed by atoms with van der Waals surface area (Å²) in [4.78, 5) is 0. The van der Waals surface area contributed by atoms with Crippen molar-refractivity contribution < 1.29 is 0 Å². The van der Waals surface area contributed by atoms with Crippen molar-refractivity contribution in [2.24, 2.45) is 0 Å². The summed E-state index contributed by atoms with van der Waals surface area (Å²) < 4.78 is 2.02. The van der Waals surface area contributed by atoms with E-state index in [2.05, 4.69) is 49.6 Å². The number of nitrogens with one attached hydrogen (secondary N) is 1. The number of hydrogen-bond donors (Lipinski definition) is 1. The topological polar surface area (TPSA) is 29.9 Å². The Labute approximate surface area is 121 Å². The van der Waals surface area contributed by atoms with Gasteiger partial charge in [-0.3, -0.25) is 0 Å². The summed E-state index contributed by atoms with van der Waals surface area (Å²) in [5.41, 5.74) is 5.06. The summed E-state index contributed by atoms with van der Waals surface area (Å²) in [6, 6.07) is 8.80. The minimum atomic E-state index is 0.717. The largest absolute Gasteiger partial charge is 0.313 e. The van der Waals surface area contributed by atoms with Gasteiger partial charge < -0.3 is 5.32 Å². The van der Waals surface area contributed by atoms with Crippen molar-refractivity contribution in [2.45, 2.75) is 45.6 Å². The Bertz CT molecular complexity index is 582. The highest BCUT2D eigenvalue weighted by Crippen LogP contribution is 2.39. The molecule has 0 spiro atoms. The van der Waals surface area contributed by atoms with E-state index in [0.717, 1.165) is 13.1 Å². The molecule has 0 saturated heterocycles. The summed E-state index contributed by atoms with van der Waals surface area (Å²) >= 11 is 0. The second-order valence-electron chi connectivity index (χ2n) is 5.76. The molecule has 1 aromatic carbocycles. The van der Waals surface area contributed by atoms with Crippen LogP contribution >= 0.6 is 0 Å². The fraction of sp³-hybridized carbons (Fsp3) is 0.471. The molecule has 0 atom stereocenters. The standard InChI is InChI=1S/C17H23N3/c1-3-9-18-12-14-4-7-17(13(2)11-14)20-10-8-16(19-20)15-5-6-15/h4,7-8,10-11,15,18H,3,5-6,9,12H2,1-2H3. The van der Waals surface area contributed by atoms with Gasteiger partial charge in [0, 0.05) is 18.7 Å². The Morgan fingerprint density at radius 3 is 2.85 bits per heavy atom. The van der Waals surface area contributed by atoms with Crippen molar-refractivity contribution in [2.75, 3.05) is 6.54 Å². The molecular formula is C17H23N3. The average molecular weight is 269 g/mol. The first-order chi connectivity index (χ1) is 9.78. The lowest BCUT2D eigenvalue weighted by atomic mass is 10.1. The van der Waals surface area contributed by atoms with Gasteiger partial charge in [0.1, 0.15) is 0 Å². The fourth-order valence-electron chi connectivity index (χ4n) is 2.56. The molecule has 1 aromatic heterocycles. The van der Waals surface area contributed by atoms with Crippen LogP contribution in [0.25, 0.3) is 5.69 Å². The van der Waals surface area contributed by atoms with Crippen LogP contribution in [0.1, 0.15) is 48.9 Å². The number of benzene rings is 1. The highest BCUT2D eigenvalue weighted by atomic mass is 15.3. The predicted octanol–water partition coefficient (Wildman–Crippen LogP) is 3.56. The zero-order chi connectivity index (χ0) is 13.9. The molecule has 106 valence electrons. The van der Waals surface area contributed by atoms with Crippen LogP contribution < -0.4 is 5.32 Å². The van der Waals surface area contributed by atoms with Crippen LogP contribution in [0.2, 0.25) is 0 Å². The third kappa shape index (κ3) is 2.93. The van der Waals surface area contributed by atoms with Crippen molar-refractivity contribution >= 4 is 0 Å². The Balaban J connectivity index is 1.75. The van der Waals surface area contributed by atoms with Crippen LogP contribution in [-0.2, 0) is 6.54 Å². The van der Waals surface area contributed by atoms with Crippen molar-refractivity contribution in [3.63, 3.8) is 0 Å². The summed E-state index contributed by atoms with van der Waals surface area (Å²) in [5, 5.41) is 8.15. The summed E-state index contributed by atoms with van der Waals surface area (Å²) in [7, 11) is 0. The van der Waals surface area contributed by atoms with Gasteiger partial charge in [0.05, 0.1) is 11.4 Å². The van der Waals surface area contributed by atoms with E-state index in [9.17, 15) is 0 Å². The Hall–Kier alpha value is -1.61. The van der Waals surface area contributed by atoms with Gasteiger partial charge in [0.2, 0.25) is 0 Å². The van der Waals surface area contributed by atoms with E-state index in [1.165, 1.54) is 41.8 Å². The second-order valence-corrected chi connectivity index (χ2v) is 5.76. The average Bonchev–Trinajstić information content (AvgIpc) is 3.18. The summed E-state index contributed by atoms with van der Waals surface area (Å²) in [5.74, 6) is 0.717. The molecule has 3 nitrogen and oxygen atoms in total. The SMILES string of the molecule is CCCNCc1ccc(-n2ccc(C3CC3)n2)c(C)c1. The van der Waals surface area contributed by atoms with Gasteiger partial charge in [-0.05, 0) is 56.0 Å². The lowest BCUT2D eigenvalue weighted by molar-refractivity contribution is 0.675. The van der Waals surface area contributed by atoms with Crippen LogP contribution in [0, 0.1) is 6.92 Å². The van der Waals surface area contributed by atoms with Gasteiger partial charge in [-0.1, -0.05) is 19.1 Å². The molecule has 1 aliphatic carbocycles. The van der Waals surface area contributed by atoms with E-state index < -0.39 is 0 Å². The van der Waals surface area contributed by atoms with E-state index in [1.807, 2.05) is 4.68 Å². The van der Waals surface area contributed by atoms with Gasteiger partial charge in [-0.25, -0.2) is 4.68 Å². The molecular weight excluding hydrogens is 246 g/mol. The van der Waals surface area contributed by atoms with Crippen LogP contribution in [-0.4, -0.2) is 16.3 Å². The second kappa shape index (κ2) is 5.80. The molecule has 0 amide bonds. The maximum absolute atomic E-state index is 4.71. The van der Waals surface area contributed by atoms with Crippen molar-refractivity contribution in [1.82, 2.24) is 15.1 Å². The van der Waals surface area contributed by atoms with Gasteiger partial charge in [-0.15, -0.1) is 0 Å². The minimum Gasteiger partial charge on any atom is -0.313 e. The first-order valence-electron chi connectivity index (χ1n) is 7.64. The zero-order valence-corrected chi connectivity index (χ0v) is 12.4. The number of aryl methyl sites for hydroxylation is 1. The number of rotatable bonds is 6. The molecule has 1 fully saturated rings. The highest BCUT2D eigenvalue weighted by Gasteiger charge is 2.25. The molecule has 2 aromatic rings. The smallest absolute Gasteiger partial charge is 0.0675 e. The number of nitrogens with zero attached hydrogens (tertiary/aromatic N) is 2. The van der Waals surface area contributed by atoms with Crippen LogP contribution in [0.5, 0.6) is 0 Å². The molecule has 3 rings (SSSR count). The maximum atomic E-state index is 4.71. The Morgan fingerprint density at radius 2 is 2.15 bits per heavy atom.